The van der Waals surface area contributed by atoms with Crippen LogP contribution in [0, 0.1) is 10.1 Å². The predicted octanol–water partition coefficient (Wildman–Crippen LogP) is 5.80. The van der Waals surface area contributed by atoms with Gasteiger partial charge < -0.3 is 10.1 Å². The van der Waals surface area contributed by atoms with E-state index in [4.69, 9.17) is 0 Å². The highest BCUT2D eigenvalue weighted by Gasteiger charge is 2.18. The summed E-state index contributed by atoms with van der Waals surface area (Å²) in [5.74, 6) is 0. The van der Waals surface area contributed by atoms with E-state index < -0.39 is 5.03 Å². The molecule has 3 aromatic rings. The molecule has 0 N–H and O–H groups in total. The van der Waals surface area contributed by atoms with Gasteiger partial charge in [-0.3, -0.25) is 0 Å². The molecule has 0 aliphatic rings. The van der Waals surface area contributed by atoms with Crippen molar-refractivity contribution in [1.82, 2.24) is 0 Å². The summed E-state index contributed by atoms with van der Waals surface area (Å²) in [7, 11) is 0. The van der Waals surface area contributed by atoms with Gasteiger partial charge in [-0.2, -0.15) is 5.11 Å². The first-order valence-electron chi connectivity index (χ1n) is 7.71. The number of hydrogen-bond acceptors (Lipinski definition) is 5. The second-order valence-corrected chi connectivity index (χ2v) is 5.09. The Hall–Kier alpha value is -3.94. The molecule has 0 aliphatic carbocycles. The van der Waals surface area contributed by atoms with Crippen molar-refractivity contribution in [1.29, 1.82) is 0 Å². The second-order valence-electron chi connectivity index (χ2n) is 5.09. The third-order valence-electron chi connectivity index (χ3n) is 3.34. The van der Waals surface area contributed by atoms with Gasteiger partial charge in [-0.1, -0.05) is 48.5 Å². The number of nitrogens with zero attached hydrogens (tertiary/aromatic N) is 6. The Morgan fingerprint density at radius 1 is 0.769 bits per heavy atom. The molecular formula is C18H14N6O2. The lowest BCUT2D eigenvalue weighted by atomic mass is 10.2. The zero-order valence-corrected chi connectivity index (χ0v) is 13.6. The minimum absolute atomic E-state index is 0.502. The fourth-order valence-corrected chi connectivity index (χ4v) is 2.21. The molecule has 0 saturated carbocycles. The van der Waals surface area contributed by atoms with E-state index in [1.807, 2.05) is 36.4 Å². The van der Waals surface area contributed by atoms with Gasteiger partial charge in [0.05, 0.1) is 16.4 Å². The molecule has 26 heavy (non-hydrogen) atoms. The summed E-state index contributed by atoms with van der Waals surface area (Å²) in [6, 6.07) is 25.3. The Bertz CT molecular complexity index is 929. The maximum absolute atomic E-state index is 10.6. The van der Waals surface area contributed by atoms with Gasteiger partial charge in [0, 0.05) is 0 Å². The fourth-order valence-electron chi connectivity index (χ4n) is 2.21. The van der Waals surface area contributed by atoms with E-state index in [-0.39, 0.29) is 0 Å². The van der Waals surface area contributed by atoms with Crippen molar-refractivity contribution in [3.63, 3.8) is 0 Å². The SMILES string of the molecule is O=[N+]([O-])/N=N\N(c1ccccc1)c1ccccc1N=Nc1ccccc1. The highest BCUT2D eigenvalue weighted by atomic mass is 16.7. The minimum atomic E-state index is -0.857. The Balaban J connectivity index is 2.02. The smallest absolute Gasteiger partial charge is 0.208 e. The van der Waals surface area contributed by atoms with Gasteiger partial charge in [-0.25, -0.2) is 0 Å². The summed E-state index contributed by atoms with van der Waals surface area (Å²) in [6.45, 7) is 0. The van der Waals surface area contributed by atoms with Gasteiger partial charge in [0.1, 0.15) is 11.4 Å². The van der Waals surface area contributed by atoms with Crippen molar-refractivity contribution in [2.45, 2.75) is 0 Å². The van der Waals surface area contributed by atoms with E-state index >= 15 is 0 Å². The van der Waals surface area contributed by atoms with Crippen LogP contribution < -0.4 is 5.01 Å². The molecule has 0 heterocycles. The number of rotatable bonds is 6. The third kappa shape index (κ3) is 4.32. The summed E-state index contributed by atoms with van der Waals surface area (Å²) < 4.78 is 0. The van der Waals surface area contributed by atoms with Crippen molar-refractivity contribution in [2.75, 3.05) is 5.01 Å². The van der Waals surface area contributed by atoms with Crippen LogP contribution in [0.3, 0.4) is 0 Å². The van der Waals surface area contributed by atoms with Crippen LogP contribution in [0.5, 0.6) is 0 Å². The minimum Gasteiger partial charge on any atom is -0.337 e. The highest BCUT2D eigenvalue weighted by molar-refractivity contribution is 5.73. The maximum Gasteiger partial charge on any atom is 0.208 e. The van der Waals surface area contributed by atoms with Gasteiger partial charge in [-0.15, -0.1) is 10.1 Å². The molecule has 0 atom stereocenters. The van der Waals surface area contributed by atoms with Crippen molar-refractivity contribution < 1.29 is 5.03 Å². The van der Waals surface area contributed by atoms with E-state index in [1.54, 1.807) is 48.5 Å². The zero-order valence-electron chi connectivity index (χ0n) is 13.6. The first-order chi connectivity index (χ1) is 12.7. The van der Waals surface area contributed by atoms with Crippen LogP contribution in [0.2, 0.25) is 0 Å². The van der Waals surface area contributed by atoms with E-state index in [1.165, 1.54) is 5.01 Å². The third-order valence-corrected chi connectivity index (χ3v) is 3.34. The van der Waals surface area contributed by atoms with Gasteiger partial charge in [0.2, 0.25) is 5.22 Å². The summed E-state index contributed by atoms with van der Waals surface area (Å²) in [6.07, 6.45) is 0. The summed E-state index contributed by atoms with van der Waals surface area (Å²) in [5.41, 5.74) is 2.33. The van der Waals surface area contributed by atoms with E-state index in [0.717, 1.165) is 0 Å². The average molecular weight is 346 g/mol. The topological polar surface area (TPSA) is 95.8 Å². The van der Waals surface area contributed by atoms with Crippen LogP contribution in [0.1, 0.15) is 0 Å². The number of anilines is 2. The van der Waals surface area contributed by atoms with Crippen LogP contribution in [-0.4, -0.2) is 5.03 Å². The molecule has 0 amide bonds. The first kappa shape index (κ1) is 16.9. The summed E-state index contributed by atoms with van der Waals surface area (Å²) in [4.78, 5) is 10.6. The number of para-hydroxylation sites is 2. The predicted molar refractivity (Wildman–Crippen MR) is 97.5 cm³/mol. The molecule has 0 fully saturated rings. The molecule has 0 aromatic heterocycles. The zero-order chi connectivity index (χ0) is 18.2. The molecule has 8 heteroatoms. The molecule has 0 aliphatic heterocycles. The highest BCUT2D eigenvalue weighted by Crippen LogP contribution is 2.35. The molecule has 0 spiro atoms. The van der Waals surface area contributed by atoms with Gasteiger partial charge in [-0.05, 0) is 36.4 Å². The molecule has 0 saturated heterocycles. The first-order valence-corrected chi connectivity index (χ1v) is 7.71. The molecule has 0 unspecified atom stereocenters. The molecular weight excluding hydrogens is 332 g/mol. The van der Waals surface area contributed by atoms with Crippen molar-refractivity contribution in [3.8, 4) is 0 Å². The van der Waals surface area contributed by atoms with E-state index in [0.29, 0.717) is 22.7 Å². The lowest BCUT2D eigenvalue weighted by molar-refractivity contribution is -0.494. The number of nitro groups is 1. The normalized spacial score (nSPS) is 11.1. The molecule has 3 aromatic carbocycles. The Labute approximate surface area is 149 Å². The Kier molecular flexibility index (Phi) is 5.36. The van der Waals surface area contributed by atoms with Crippen molar-refractivity contribution >= 4 is 22.7 Å². The second kappa shape index (κ2) is 8.25. The molecule has 128 valence electrons. The van der Waals surface area contributed by atoms with Crippen LogP contribution in [0.4, 0.5) is 22.7 Å². The molecule has 3 rings (SSSR count). The standard InChI is InChI=1S/C18H14N6O2/c25-24(26)22-21-23(16-11-5-2-6-12-16)18-14-8-7-13-17(18)20-19-15-9-3-1-4-10-15/h1-14H/b20-19?,22-21-. The van der Waals surface area contributed by atoms with E-state index in [2.05, 4.69) is 20.7 Å². The quantitative estimate of drug-likeness (QED) is 0.320. The fraction of sp³-hybridized carbons (Fsp3) is 0. The van der Waals surface area contributed by atoms with Gasteiger partial charge in [0.15, 0.2) is 5.22 Å². The average Bonchev–Trinajstić information content (AvgIpc) is 2.69. The Morgan fingerprint density at radius 3 is 2.08 bits per heavy atom. The lowest BCUT2D eigenvalue weighted by Crippen LogP contribution is -2.08. The van der Waals surface area contributed by atoms with Crippen molar-refractivity contribution in [3.05, 3.63) is 95.0 Å². The molecule has 0 bridgehead atoms. The van der Waals surface area contributed by atoms with Crippen molar-refractivity contribution in [2.24, 2.45) is 20.7 Å². The van der Waals surface area contributed by atoms with Crippen LogP contribution in [0.15, 0.2) is 106 Å². The number of benzene rings is 3. The molecule has 8 nitrogen and oxygen atoms in total. The largest absolute Gasteiger partial charge is 0.337 e. The maximum atomic E-state index is 10.6. The van der Waals surface area contributed by atoms with Crippen LogP contribution >= 0.6 is 0 Å². The van der Waals surface area contributed by atoms with Crippen LogP contribution in [0.25, 0.3) is 0 Å². The summed E-state index contributed by atoms with van der Waals surface area (Å²) >= 11 is 0. The monoisotopic (exact) mass is 346 g/mol. The molecule has 0 radical (unpaired) electrons. The van der Waals surface area contributed by atoms with Gasteiger partial charge >= 0.3 is 0 Å². The van der Waals surface area contributed by atoms with Gasteiger partial charge in [0.25, 0.3) is 0 Å². The number of hydrogen-bond donors (Lipinski definition) is 0. The Morgan fingerprint density at radius 2 is 1.38 bits per heavy atom. The van der Waals surface area contributed by atoms with E-state index in [9.17, 15) is 10.1 Å². The lowest BCUT2D eigenvalue weighted by Gasteiger charge is -2.13. The van der Waals surface area contributed by atoms with Crippen LogP contribution in [-0.2, 0) is 0 Å². The summed E-state index contributed by atoms with van der Waals surface area (Å²) in [5, 5.41) is 26.4. The number of azo groups is 1.